The minimum atomic E-state index is -0.214. The van der Waals surface area contributed by atoms with Crippen molar-refractivity contribution in [3.05, 3.63) is 29.3 Å². The minimum Gasteiger partial charge on any atom is -0.398 e. The molecule has 0 saturated heterocycles. The summed E-state index contributed by atoms with van der Waals surface area (Å²) < 4.78 is 0. The third kappa shape index (κ3) is 5.30. The first-order valence-electron chi connectivity index (χ1n) is 6.81. The molecule has 0 unspecified atom stereocenters. The monoisotopic (exact) mass is 277 g/mol. The molecule has 2 amide bonds. The van der Waals surface area contributed by atoms with Gasteiger partial charge in [-0.2, -0.15) is 0 Å². The van der Waals surface area contributed by atoms with Crippen molar-refractivity contribution in [1.82, 2.24) is 10.6 Å². The Morgan fingerprint density at radius 2 is 1.95 bits per heavy atom. The van der Waals surface area contributed by atoms with E-state index in [0.717, 1.165) is 5.56 Å². The number of amides is 2. The second kappa shape index (κ2) is 7.53. The highest BCUT2D eigenvalue weighted by atomic mass is 16.2. The van der Waals surface area contributed by atoms with Gasteiger partial charge in [-0.1, -0.05) is 19.9 Å². The summed E-state index contributed by atoms with van der Waals surface area (Å²) in [6.45, 7) is 6.92. The molecule has 0 bridgehead atoms. The number of hydrogen-bond donors (Lipinski definition) is 3. The summed E-state index contributed by atoms with van der Waals surface area (Å²) in [6.07, 6.45) is 0.278. The average Bonchev–Trinajstić information content (AvgIpc) is 2.39. The number of nitrogens with two attached hydrogens (primary N) is 1. The lowest BCUT2D eigenvalue weighted by Crippen LogP contribution is -2.32. The zero-order valence-electron chi connectivity index (χ0n) is 12.3. The molecule has 5 heteroatoms. The van der Waals surface area contributed by atoms with Crippen LogP contribution < -0.4 is 16.4 Å². The Bertz CT molecular complexity index is 484. The lowest BCUT2D eigenvalue weighted by molar-refractivity contribution is -0.121. The molecule has 0 heterocycles. The van der Waals surface area contributed by atoms with Crippen LogP contribution in [0.4, 0.5) is 5.69 Å². The molecule has 1 aromatic carbocycles. The summed E-state index contributed by atoms with van der Waals surface area (Å²) in [4.78, 5) is 23.3. The van der Waals surface area contributed by atoms with Crippen molar-refractivity contribution in [1.29, 1.82) is 0 Å². The molecule has 0 radical (unpaired) electrons. The van der Waals surface area contributed by atoms with E-state index in [-0.39, 0.29) is 18.2 Å². The maximum absolute atomic E-state index is 11.9. The molecule has 1 rings (SSSR count). The smallest absolute Gasteiger partial charge is 0.251 e. The first kappa shape index (κ1) is 16.0. The summed E-state index contributed by atoms with van der Waals surface area (Å²) in [5.74, 6) is 0.153. The van der Waals surface area contributed by atoms with Crippen LogP contribution in [-0.2, 0) is 4.79 Å². The number of aryl methyl sites for hydroxylation is 1. The van der Waals surface area contributed by atoms with Gasteiger partial charge in [-0.25, -0.2) is 0 Å². The van der Waals surface area contributed by atoms with E-state index in [4.69, 9.17) is 5.73 Å². The Morgan fingerprint density at radius 1 is 1.25 bits per heavy atom. The summed E-state index contributed by atoms with van der Waals surface area (Å²) in [5, 5.41) is 5.51. The summed E-state index contributed by atoms with van der Waals surface area (Å²) in [7, 11) is 0. The lowest BCUT2D eigenvalue weighted by atomic mass is 10.1. The van der Waals surface area contributed by atoms with Gasteiger partial charge < -0.3 is 16.4 Å². The Hall–Kier alpha value is -2.04. The average molecular weight is 277 g/mol. The number of nitrogen functional groups attached to an aromatic ring is 1. The molecule has 0 aliphatic heterocycles. The molecule has 0 aliphatic rings. The zero-order valence-corrected chi connectivity index (χ0v) is 12.3. The van der Waals surface area contributed by atoms with Crippen LogP contribution in [0.1, 0.15) is 36.2 Å². The van der Waals surface area contributed by atoms with Gasteiger partial charge in [0.05, 0.1) is 0 Å². The van der Waals surface area contributed by atoms with Crippen LogP contribution in [0.15, 0.2) is 18.2 Å². The van der Waals surface area contributed by atoms with Crippen molar-refractivity contribution in [3.8, 4) is 0 Å². The first-order valence-corrected chi connectivity index (χ1v) is 6.81. The summed E-state index contributed by atoms with van der Waals surface area (Å²) >= 11 is 0. The zero-order chi connectivity index (χ0) is 15.1. The molecule has 5 nitrogen and oxygen atoms in total. The van der Waals surface area contributed by atoms with E-state index >= 15 is 0 Å². The van der Waals surface area contributed by atoms with Gasteiger partial charge in [-0.15, -0.1) is 0 Å². The van der Waals surface area contributed by atoms with Crippen molar-refractivity contribution >= 4 is 17.5 Å². The molecule has 0 saturated carbocycles. The topological polar surface area (TPSA) is 84.2 Å². The quantitative estimate of drug-likeness (QED) is 0.688. The highest BCUT2D eigenvalue weighted by molar-refractivity contribution is 5.95. The van der Waals surface area contributed by atoms with Crippen LogP contribution in [0.5, 0.6) is 0 Å². The van der Waals surface area contributed by atoms with Crippen LogP contribution in [0.25, 0.3) is 0 Å². The maximum Gasteiger partial charge on any atom is 0.251 e. The van der Waals surface area contributed by atoms with E-state index in [1.807, 2.05) is 20.8 Å². The van der Waals surface area contributed by atoms with E-state index in [9.17, 15) is 9.59 Å². The van der Waals surface area contributed by atoms with E-state index in [0.29, 0.717) is 30.3 Å². The lowest BCUT2D eigenvalue weighted by Gasteiger charge is -2.09. The van der Waals surface area contributed by atoms with Crippen molar-refractivity contribution in [2.45, 2.75) is 27.2 Å². The fraction of sp³-hybridized carbons (Fsp3) is 0.467. The van der Waals surface area contributed by atoms with Crippen LogP contribution >= 0.6 is 0 Å². The van der Waals surface area contributed by atoms with Gasteiger partial charge in [0.1, 0.15) is 0 Å². The van der Waals surface area contributed by atoms with Gasteiger partial charge in [0, 0.05) is 30.8 Å². The normalized spacial score (nSPS) is 10.4. The van der Waals surface area contributed by atoms with Gasteiger partial charge >= 0.3 is 0 Å². The molecule has 1 aromatic rings. The van der Waals surface area contributed by atoms with Crippen LogP contribution in [-0.4, -0.2) is 24.9 Å². The standard InChI is InChI=1S/C15H23N3O2/c1-10(2)9-18-14(19)6-7-17-15(20)12-5-4-11(3)13(16)8-12/h4-5,8,10H,6-7,9,16H2,1-3H3,(H,17,20)(H,18,19). The van der Waals surface area contributed by atoms with E-state index < -0.39 is 0 Å². The molecule has 0 spiro atoms. The minimum absolute atomic E-state index is 0.0533. The fourth-order valence-corrected chi connectivity index (χ4v) is 1.58. The molecule has 0 atom stereocenters. The summed E-state index contributed by atoms with van der Waals surface area (Å²) in [6, 6.07) is 5.17. The van der Waals surface area contributed by atoms with Crippen molar-refractivity contribution in [2.75, 3.05) is 18.8 Å². The second-order valence-corrected chi connectivity index (χ2v) is 5.28. The predicted octanol–water partition coefficient (Wildman–Crippen LogP) is 1.47. The largest absolute Gasteiger partial charge is 0.398 e. The molecular formula is C15H23N3O2. The second-order valence-electron chi connectivity index (χ2n) is 5.28. The number of benzene rings is 1. The number of rotatable bonds is 6. The third-order valence-electron chi connectivity index (χ3n) is 2.89. The van der Waals surface area contributed by atoms with Gasteiger partial charge in [0.15, 0.2) is 0 Å². The number of carbonyl (C=O) groups excluding carboxylic acids is 2. The van der Waals surface area contributed by atoms with E-state index in [1.54, 1.807) is 18.2 Å². The predicted molar refractivity (Wildman–Crippen MR) is 80.4 cm³/mol. The van der Waals surface area contributed by atoms with E-state index in [1.165, 1.54) is 0 Å². The Morgan fingerprint density at radius 3 is 2.55 bits per heavy atom. The number of anilines is 1. The Kier molecular flexibility index (Phi) is 6.03. The molecule has 4 N–H and O–H groups in total. The molecular weight excluding hydrogens is 254 g/mol. The van der Waals surface area contributed by atoms with Crippen LogP contribution in [0, 0.1) is 12.8 Å². The first-order chi connectivity index (χ1) is 9.40. The number of hydrogen-bond acceptors (Lipinski definition) is 3. The fourth-order valence-electron chi connectivity index (χ4n) is 1.58. The van der Waals surface area contributed by atoms with E-state index in [2.05, 4.69) is 10.6 Å². The SMILES string of the molecule is Cc1ccc(C(=O)NCCC(=O)NCC(C)C)cc1N. The van der Waals surface area contributed by atoms with Crippen molar-refractivity contribution in [3.63, 3.8) is 0 Å². The van der Waals surface area contributed by atoms with Gasteiger partial charge in [-0.05, 0) is 30.5 Å². The third-order valence-corrected chi connectivity index (χ3v) is 2.89. The Balaban J connectivity index is 2.36. The molecule has 20 heavy (non-hydrogen) atoms. The van der Waals surface area contributed by atoms with Crippen LogP contribution in [0.2, 0.25) is 0 Å². The highest BCUT2D eigenvalue weighted by Crippen LogP contribution is 2.12. The van der Waals surface area contributed by atoms with Gasteiger partial charge in [-0.3, -0.25) is 9.59 Å². The van der Waals surface area contributed by atoms with Gasteiger partial charge in [0.2, 0.25) is 5.91 Å². The summed E-state index contributed by atoms with van der Waals surface area (Å²) in [5.41, 5.74) is 7.80. The van der Waals surface area contributed by atoms with Crippen molar-refractivity contribution in [2.24, 2.45) is 5.92 Å². The molecule has 110 valence electrons. The molecule has 0 fully saturated rings. The van der Waals surface area contributed by atoms with Crippen LogP contribution in [0.3, 0.4) is 0 Å². The van der Waals surface area contributed by atoms with Crippen molar-refractivity contribution < 1.29 is 9.59 Å². The number of carbonyl (C=O) groups is 2. The molecule has 0 aliphatic carbocycles. The maximum atomic E-state index is 11.9. The Labute approximate surface area is 119 Å². The van der Waals surface area contributed by atoms with Gasteiger partial charge in [0.25, 0.3) is 5.91 Å². The highest BCUT2D eigenvalue weighted by Gasteiger charge is 2.08. The molecule has 0 aromatic heterocycles. The number of nitrogens with one attached hydrogen (secondary N) is 2.